The molecule has 3 rings (SSSR count). The number of benzene rings is 3. The van der Waals surface area contributed by atoms with Gasteiger partial charge in [-0.15, -0.1) is 0 Å². The molecule has 0 saturated heterocycles. The molecule has 8 heteroatoms. The monoisotopic (exact) mass is 418 g/mol. The average molecular weight is 418 g/mol. The van der Waals surface area contributed by atoms with Crippen molar-refractivity contribution in [2.75, 3.05) is 0 Å². The minimum atomic E-state index is -1.27. The van der Waals surface area contributed by atoms with Crippen molar-refractivity contribution in [3.8, 4) is 5.75 Å². The van der Waals surface area contributed by atoms with Crippen molar-refractivity contribution in [3.63, 3.8) is 0 Å². The average Bonchev–Trinajstić information content (AvgIpc) is 2.78. The van der Waals surface area contributed by atoms with Gasteiger partial charge in [0.25, 0.3) is 11.6 Å². The molecule has 0 aliphatic heterocycles. The van der Waals surface area contributed by atoms with Gasteiger partial charge in [-0.2, -0.15) is 0 Å². The van der Waals surface area contributed by atoms with E-state index in [1.807, 2.05) is 0 Å². The van der Waals surface area contributed by atoms with Crippen molar-refractivity contribution in [3.05, 3.63) is 111 Å². The lowest BCUT2D eigenvalue weighted by atomic mass is 10.1. The summed E-state index contributed by atoms with van der Waals surface area (Å²) in [5.41, 5.74) is 1.27. The molecule has 0 unspecified atom stereocenters. The summed E-state index contributed by atoms with van der Waals surface area (Å²) < 4.78 is 5.63. The predicted octanol–water partition coefficient (Wildman–Crippen LogP) is 4.03. The number of hydrogen-bond donors (Lipinski definition) is 2. The minimum Gasteiger partial charge on any atom is -0.489 e. The molecule has 0 aromatic heterocycles. The molecular formula is C23H18N2O6. The second-order valence-electron chi connectivity index (χ2n) is 6.47. The molecule has 0 heterocycles. The molecular weight excluding hydrogens is 400 g/mol. The molecule has 0 atom stereocenters. The Morgan fingerprint density at radius 3 is 2.35 bits per heavy atom. The van der Waals surface area contributed by atoms with Crippen molar-refractivity contribution in [2.45, 2.75) is 6.61 Å². The van der Waals surface area contributed by atoms with E-state index in [9.17, 15) is 24.8 Å². The van der Waals surface area contributed by atoms with E-state index in [-0.39, 0.29) is 18.0 Å². The Hall–Kier alpha value is -4.46. The van der Waals surface area contributed by atoms with Crippen molar-refractivity contribution >= 4 is 23.6 Å². The number of rotatable bonds is 8. The molecule has 0 aliphatic rings. The minimum absolute atomic E-state index is 0.0136. The van der Waals surface area contributed by atoms with Crippen LogP contribution in [0.2, 0.25) is 0 Å². The van der Waals surface area contributed by atoms with Gasteiger partial charge in [0.15, 0.2) is 0 Å². The number of nitrogens with one attached hydrogen (secondary N) is 1. The van der Waals surface area contributed by atoms with E-state index >= 15 is 0 Å². The van der Waals surface area contributed by atoms with Crippen LogP contribution in [-0.2, 0) is 11.4 Å². The number of nitrogens with zero attached hydrogens (tertiary/aromatic N) is 1. The van der Waals surface area contributed by atoms with Gasteiger partial charge in [-0.05, 0) is 41.5 Å². The first kappa shape index (κ1) is 21.3. The van der Waals surface area contributed by atoms with Crippen LogP contribution in [0.4, 0.5) is 5.69 Å². The van der Waals surface area contributed by atoms with Crippen LogP contribution in [0.15, 0.2) is 84.6 Å². The second kappa shape index (κ2) is 9.84. The molecule has 0 radical (unpaired) electrons. The number of carbonyl (C=O) groups is 2. The molecule has 1 amide bonds. The number of nitro benzene ring substituents is 1. The highest BCUT2D eigenvalue weighted by molar-refractivity contribution is 6.02. The Kier molecular flexibility index (Phi) is 6.74. The highest BCUT2D eigenvalue weighted by Crippen LogP contribution is 2.18. The number of amides is 1. The molecule has 0 spiro atoms. The standard InChI is InChI=1S/C23H18N2O6/c26-22(18-6-2-1-3-7-18)24-21(23(27)28)14-16-9-11-20(12-10-16)31-15-17-5-4-8-19(13-17)25(29)30/h1-14H,15H2,(H,24,26)(H,27,28)/b21-14-. The van der Waals surface area contributed by atoms with Gasteiger partial charge in [0.05, 0.1) is 4.92 Å². The van der Waals surface area contributed by atoms with Crippen molar-refractivity contribution in [1.82, 2.24) is 5.32 Å². The number of hydrogen-bond acceptors (Lipinski definition) is 5. The summed E-state index contributed by atoms with van der Waals surface area (Å²) in [7, 11) is 0. The first-order chi connectivity index (χ1) is 14.9. The van der Waals surface area contributed by atoms with E-state index in [0.29, 0.717) is 22.4 Å². The van der Waals surface area contributed by atoms with Gasteiger partial charge in [-0.1, -0.05) is 42.5 Å². The SMILES string of the molecule is O=C(O)/C(=C/c1ccc(OCc2cccc([N+](=O)[O-])c2)cc1)NC(=O)c1ccccc1. The lowest BCUT2D eigenvalue weighted by Gasteiger charge is -2.08. The normalized spacial score (nSPS) is 10.9. The molecule has 0 bridgehead atoms. The Balaban J connectivity index is 1.66. The maximum Gasteiger partial charge on any atom is 0.352 e. The molecule has 2 N–H and O–H groups in total. The maximum absolute atomic E-state index is 12.2. The fraction of sp³-hybridized carbons (Fsp3) is 0.0435. The van der Waals surface area contributed by atoms with Gasteiger partial charge >= 0.3 is 5.97 Å². The highest BCUT2D eigenvalue weighted by Gasteiger charge is 2.13. The van der Waals surface area contributed by atoms with Crippen LogP contribution in [0.5, 0.6) is 5.75 Å². The van der Waals surface area contributed by atoms with Crippen LogP contribution in [0.25, 0.3) is 6.08 Å². The van der Waals surface area contributed by atoms with E-state index in [0.717, 1.165) is 0 Å². The summed E-state index contributed by atoms with van der Waals surface area (Å²) in [4.78, 5) is 34.1. The Labute approximate surface area is 177 Å². The van der Waals surface area contributed by atoms with Gasteiger partial charge in [0.2, 0.25) is 0 Å². The predicted molar refractivity (Wildman–Crippen MR) is 113 cm³/mol. The quantitative estimate of drug-likeness (QED) is 0.324. The van der Waals surface area contributed by atoms with Gasteiger partial charge < -0.3 is 15.2 Å². The Morgan fingerprint density at radius 2 is 1.71 bits per heavy atom. The van der Waals surface area contributed by atoms with E-state index in [1.54, 1.807) is 66.7 Å². The highest BCUT2D eigenvalue weighted by atomic mass is 16.6. The summed E-state index contributed by atoms with van der Waals surface area (Å²) in [6, 6.07) is 21.0. The van der Waals surface area contributed by atoms with Crippen LogP contribution >= 0.6 is 0 Å². The molecule has 31 heavy (non-hydrogen) atoms. The van der Waals surface area contributed by atoms with Gasteiger partial charge in [0.1, 0.15) is 18.1 Å². The Bertz CT molecular complexity index is 1120. The van der Waals surface area contributed by atoms with E-state index < -0.39 is 16.8 Å². The third-order valence-electron chi connectivity index (χ3n) is 4.23. The first-order valence-corrected chi connectivity index (χ1v) is 9.20. The molecule has 8 nitrogen and oxygen atoms in total. The summed E-state index contributed by atoms with van der Waals surface area (Å²) in [5.74, 6) is -1.28. The summed E-state index contributed by atoms with van der Waals surface area (Å²) in [5, 5.41) is 22.6. The molecule has 0 aliphatic carbocycles. The molecule has 3 aromatic carbocycles. The van der Waals surface area contributed by atoms with Crippen molar-refractivity contribution in [1.29, 1.82) is 0 Å². The topological polar surface area (TPSA) is 119 Å². The largest absolute Gasteiger partial charge is 0.489 e. The van der Waals surface area contributed by atoms with Crippen molar-refractivity contribution < 1.29 is 24.4 Å². The smallest absolute Gasteiger partial charge is 0.352 e. The Morgan fingerprint density at radius 1 is 1.00 bits per heavy atom. The molecule has 0 saturated carbocycles. The van der Waals surface area contributed by atoms with E-state index in [4.69, 9.17) is 4.74 Å². The second-order valence-corrected chi connectivity index (χ2v) is 6.47. The van der Waals surface area contributed by atoms with Gasteiger partial charge in [0, 0.05) is 17.7 Å². The van der Waals surface area contributed by atoms with Crippen molar-refractivity contribution in [2.24, 2.45) is 0 Å². The number of carboxylic acids is 1. The zero-order chi connectivity index (χ0) is 22.2. The van der Waals surface area contributed by atoms with Crippen LogP contribution in [0.3, 0.4) is 0 Å². The number of carbonyl (C=O) groups excluding carboxylic acids is 1. The zero-order valence-electron chi connectivity index (χ0n) is 16.2. The van der Waals surface area contributed by atoms with Gasteiger partial charge in [-0.3, -0.25) is 14.9 Å². The van der Waals surface area contributed by atoms with Crippen LogP contribution < -0.4 is 10.1 Å². The summed E-state index contributed by atoms with van der Waals surface area (Å²) >= 11 is 0. The maximum atomic E-state index is 12.2. The molecule has 3 aromatic rings. The van der Waals surface area contributed by atoms with Crippen LogP contribution in [0, 0.1) is 10.1 Å². The van der Waals surface area contributed by atoms with E-state index in [2.05, 4.69) is 5.32 Å². The van der Waals surface area contributed by atoms with Crippen LogP contribution in [-0.4, -0.2) is 21.9 Å². The zero-order valence-corrected chi connectivity index (χ0v) is 16.2. The summed E-state index contributed by atoms with van der Waals surface area (Å²) in [6.07, 6.45) is 1.34. The number of ether oxygens (including phenoxy) is 1. The lowest BCUT2D eigenvalue weighted by Crippen LogP contribution is -2.27. The lowest BCUT2D eigenvalue weighted by molar-refractivity contribution is -0.384. The first-order valence-electron chi connectivity index (χ1n) is 9.20. The molecule has 0 fully saturated rings. The number of non-ortho nitro benzene ring substituents is 1. The summed E-state index contributed by atoms with van der Waals surface area (Å²) in [6.45, 7) is 0.143. The third kappa shape index (κ3) is 6.01. The van der Waals surface area contributed by atoms with Gasteiger partial charge in [-0.25, -0.2) is 4.79 Å². The fourth-order valence-electron chi connectivity index (χ4n) is 2.69. The number of carboxylic acid groups (broad SMARTS) is 1. The number of nitro groups is 1. The number of aliphatic carboxylic acids is 1. The molecule has 156 valence electrons. The van der Waals surface area contributed by atoms with E-state index in [1.165, 1.54) is 18.2 Å². The third-order valence-corrected chi connectivity index (χ3v) is 4.23. The fourth-order valence-corrected chi connectivity index (χ4v) is 2.69. The van der Waals surface area contributed by atoms with Crippen LogP contribution in [0.1, 0.15) is 21.5 Å².